The number of rotatable bonds is 12. The van der Waals surface area contributed by atoms with Crippen molar-refractivity contribution in [2.24, 2.45) is 17.2 Å². The number of nitrogens with two attached hydrogens (primary N) is 3. The van der Waals surface area contributed by atoms with Gasteiger partial charge in [-0.2, -0.15) is 5.26 Å². The summed E-state index contributed by atoms with van der Waals surface area (Å²) in [5.74, 6) is -2.19. The zero-order valence-electron chi connectivity index (χ0n) is 31.7. The molecule has 1 heterocycles. The van der Waals surface area contributed by atoms with Crippen LogP contribution in [0.1, 0.15) is 45.6 Å². The summed E-state index contributed by atoms with van der Waals surface area (Å²) >= 11 is 0. The first-order valence-corrected chi connectivity index (χ1v) is 17.8. The molecule has 16 heteroatoms. The molecule has 16 nitrogen and oxygen atoms in total. The maximum Gasteiger partial charge on any atom is 0.251 e. The molecular weight excluding hydrogens is 706 g/mol. The Balaban J connectivity index is 0.00000262. The largest absolute Gasteiger partial charge is 0.492 e. The molecule has 1 aliphatic heterocycles. The van der Waals surface area contributed by atoms with Gasteiger partial charge >= 0.3 is 0 Å². The lowest BCUT2D eigenvalue weighted by Gasteiger charge is -2.29. The fraction of sp³-hybridized carbons (Fsp3) is 0.385. The summed E-state index contributed by atoms with van der Waals surface area (Å²) in [6, 6.07) is 15.0. The Labute approximate surface area is 321 Å². The van der Waals surface area contributed by atoms with E-state index < -0.39 is 54.7 Å². The molecule has 3 aromatic rings. The monoisotopic (exact) mass is 757 g/mol. The first-order valence-electron chi connectivity index (χ1n) is 17.8. The molecule has 294 valence electrons. The van der Waals surface area contributed by atoms with Crippen LogP contribution >= 0.6 is 0 Å². The van der Waals surface area contributed by atoms with Gasteiger partial charge in [-0.1, -0.05) is 36.8 Å². The maximum atomic E-state index is 13.9. The quantitative estimate of drug-likeness (QED) is 0.124. The van der Waals surface area contributed by atoms with Crippen LogP contribution in [-0.4, -0.2) is 100 Å². The van der Waals surface area contributed by atoms with Crippen molar-refractivity contribution in [2.75, 3.05) is 59.5 Å². The van der Waals surface area contributed by atoms with Gasteiger partial charge in [0.25, 0.3) is 5.91 Å². The van der Waals surface area contributed by atoms with Gasteiger partial charge in [-0.25, -0.2) is 0 Å². The highest BCUT2D eigenvalue weighted by molar-refractivity contribution is 5.99. The van der Waals surface area contributed by atoms with Gasteiger partial charge in [-0.15, -0.1) is 0 Å². The highest BCUT2D eigenvalue weighted by atomic mass is 16.5. The number of likely N-dealkylation sites (N-methyl/N-ethyl adjacent to an activating group) is 1. The van der Waals surface area contributed by atoms with Gasteiger partial charge in [0.2, 0.25) is 23.6 Å². The van der Waals surface area contributed by atoms with Gasteiger partial charge in [0, 0.05) is 43.2 Å². The Kier molecular flexibility index (Phi) is 17.1. The first kappa shape index (κ1) is 43.4. The van der Waals surface area contributed by atoms with Crippen molar-refractivity contribution < 1.29 is 33.4 Å². The van der Waals surface area contributed by atoms with E-state index in [2.05, 4.69) is 21.3 Å². The molecule has 2 atom stereocenters. The van der Waals surface area contributed by atoms with Crippen LogP contribution < -0.4 is 47.9 Å². The van der Waals surface area contributed by atoms with Crippen LogP contribution in [0.5, 0.6) is 11.5 Å². The average Bonchev–Trinajstić information content (AvgIpc) is 3.16. The van der Waals surface area contributed by atoms with Crippen molar-refractivity contribution in [3.05, 3.63) is 82.4 Å². The summed E-state index contributed by atoms with van der Waals surface area (Å²) in [7, 11) is 1.42. The summed E-state index contributed by atoms with van der Waals surface area (Å²) < 4.78 is 12.0. The van der Waals surface area contributed by atoms with Crippen molar-refractivity contribution in [1.29, 1.82) is 5.26 Å². The highest BCUT2D eigenvalue weighted by Crippen LogP contribution is 2.40. The summed E-state index contributed by atoms with van der Waals surface area (Å²) in [6.45, 7) is 5.92. The van der Waals surface area contributed by atoms with Crippen molar-refractivity contribution in [2.45, 2.75) is 39.3 Å². The predicted octanol–water partition coefficient (Wildman–Crippen LogP) is 0.337. The number of carbonyl (C=O) groups excluding carboxylic acids is 5. The van der Waals surface area contributed by atoms with Gasteiger partial charge in [-0.05, 0) is 67.4 Å². The molecule has 0 aromatic heterocycles. The molecular formula is C39H51N9O7. The zero-order chi connectivity index (χ0) is 40.5. The molecule has 10 N–H and O–H groups in total. The normalized spacial score (nSPS) is 15.0. The fourth-order valence-corrected chi connectivity index (χ4v) is 5.78. The maximum absolute atomic E-state index is 13.9. The number of nitriles is 1. The minimum absolute atomic E-state index is 0.0352. The van der Waals surface area contributed by atoms with E-state index in [-0.39, 0.29) is 39.3 Å². The van der Waals surface area contributed by atoms with E-state index in [9.17, 15) is 24.0 Å². The topological polar surface area (TPSA) is 257 Å². The molecule has 55 heavy (non-hydrogen) atoms. The summed E-state index contributed by atoms with van der Waals surface area (Å²) in [6.07, 6.45) is 0.0352. The number of hydrogen-bond acceptors (Lipinski definition) is 11. The Hall–Kier alpha value is -6.02. The van der Waals surface area contributed by atoms with Crippen molar-refractivity contribution in [1.82, 2.24) is 26.2 Å². The Morgan fingerprint density at radius 2 is 1.56 bits per heavy atom. The Bertz CT molecular complexity index is 1880. The standard InChI is InChI=1S/C37H44N8O7.C2H7N/c1-22-4-7-26(23(2)16-22)35(48)43-21-33(47)45(3)34-25-6-9-31(52-15-12-40)28(19-25)27-17-24(5-8-30(27)51-14-11-39)18-29(36(49)41-13-10-38)44-32(46)20-42-37(34)50;1-2-3/h4-9,16-17,19,29,34H,11-15,18,20-21,39-40H2,1-3H3,(H,41,49)(H,42,50)(H,43,48)(H,44,46);2-3H2,1H3. The smallest absolute Gasteiger partial charge is 0.251 e. The number of ether oxygens (including phenoxy) is 2. The van der Waals surface area contributed by atoms with E-state index in [4.69, 9.17) is 31.9 Å². The average molecular weight is 758 g/mol. The molecule has 0 saturated carbocycles. The highest BCUT2D eigenvalue weighted by Gasteiger charge is 2.31. The number of amides is 5. The number of aryl methyl sites for hydroxylation is 2. The molecule has 3 aromatic carbocycles. The third kappa shape index (κ3) is 12.3. The molecule has 5 amide bonds. The lowest BCUT2D eigenvalue weighted by Crippen LogP contribution is -2.52. The molecule has 2 unspecified atom stereocenters. The second kappa shape index (κ2) is 21.6. The number of carbonyl (C=O) groups is 5. The summed E-state index contributed by atoms with van der Waals surface area (Å²) in [5, 5.41) is 19.4. The Morgan fingerprint density at radius 3 is 2.18 bits per heavy atom. The first-order chi connectivity index (χ1) is 26.4. The molecule has 0 radical (unpaired) electrons. The number of benzene rings is 3. The van der Waals surface area contributed by atoms with E-state index in [0.717, 1.165) is 17.7 Å². The van der Waals surface area contributed by atoms with Crippen LogP contribution in [0.4, 0.5) is 0 Å². The molecule has 4 bridgehead atoms. The number of nitrogens with zero attached hydrogens (tertiary/aromatic N) is 2. The molecule has 0 saturated heterocycles. The number of fused-ring (bicyclic) bond motifs is 5. The van der Waals surface area contributed by atoms with Crippen LogP contribution in [0.2, 0.25) is 0 Å². The van der Waals surface area contributed by atoms with Crippen molar-refractivity contribution in [3.8, 4) is 28.7 Å². The van der Waals surface area contributed by atoms with Crippen molar-refractivity contribution in [3.63, 3.8) is 0 Å². The fourth-order valence-electron chi connectivity index (χ4n) is 5.78. The van der Waals surface area contributed by atoms with E-state index in [1.165, 1.54) is 11.9 Å². The van der Waals surface area contributed by atoms with Gasteiger partial charge in [0.15, 0.2) is 0 Å². The van der Waals surface area contributed by atoms with Gasteiger partial charge in [0.05, 0.1) is 19.2 Å². The van der Waals surface area contributed by atoms with Crippen LogP contribution in [0.25, 0.3) is 11.1 Å². The molecule has 0 spiro atoms. The summed E-state index contributed by atoms with van der Waals surface area (Å²) in [5.41, 5.74) is 20.5. The predicted molar refractivity (Wildman–Crippen MR) is 207 cm³/mol. The lowest BCUT2D eigenvalue weighted by molar-refractivity contribution is -0.139. The third-order valence-corrected chi connectivity index (χ3v) is 8.32. The van der Waals surface area contributed by atoms with Gasteiger partial charge in [0.1, 0.15) is 43.3 Å². The van der Waals surface area contributed by atoms with E-state index >= 15 is 0 Å². The van der Waals surface area contributed by atoms with Crippen LogP contribution in [0.15, 0.2) is 54.6 Å². The van der Waals surface area contributed by atoms with E-state index in [0.29, 0.717) is 39.3 Å². The Morgan fingerprint density at radius 1 is 0.927 bits per heavy atom. The SMILES string of the molecule is CCN.Cc1ccc(C(=O)NCC(=O)N(C)C2C(=O)NCC(=O)NC(C(=O)NCC#N)Cc3ccc(OCCN)c(c3)-c3cc2ccc3OCCN)c(C)c1. The minimum Gasteiger partial charge on any atom is -0.492 e. The number of nitrogens with one attached hydrogen (secondary N) is 4. The second-order valence-electron chi connectivity index (χ2n) is 12.6. The minimum atomic E-state index is -1.28. The second-order valence-corrected chi connectivity index (χ2v) is 12.6. The van der Waals surface area contributed by atoms with Crippen LogP contribution in [0.3, 0.4) is 0 Å². The third-order valence-electron chi connectivity index (χ3n) is 8.32. The van der Waals surface area contributed by atoms with Gasteiger partial charge < -0.3 is 52.8 Å². The molecule has 0 aliphatic carbocycles. The zero-order valence-corrected chi connectivity index (χ0v) is 31.7. The number of hydrogen-bond donors (Lipinski definition) is 7. The lowest BCUT2D eigenvalue weighted by atomic mass is 9.93. The van der Waals surface area contributed by atoms with E-state index in [1.54, 1.807) is 55.5 Å². The summed E-state index contributed by atoms with van der Waals surface area (Å²) in [4.78, 5) is 67.9. The van der Waals surface area contributed by atoms with Gasteiger partial charge in [-0.3, -0.25) is 24.0 Å². The molecule has 4 rings (SSSR count). The molecule has 1 aliphatic rings. The van der Waals surface area contributed by atoms with Crippen molar-refractivity contribution >= 4 is 29.5 Å². The van der Waals surface area contributed by atoms with Crippen LogP contribution in [0, 0.1) is 25.2 Å². The van der Waals surface area contributed by atoms with Crippen LogP contribution in [-0.2, 0) is 25.6 Å². The molecule has 0 fully saturated rings. The van der Waals surface area contributed by atoms with E-state index in [1.807, 2.05) is 26.0 Å².